The van der Waals surface area contributed by atoms with E-state index in [1.807, 2.05) is 23.6 Å². The van der Waals surface area contributed by atoms with E-state index >= 15 is 0 Å². The van der Waals surface area contributed by atoms with Crippen LogP contribution in [0.25, 0.3) is 0 Å². The van der Waals surface area contributed by atoms with Gasteiger partial charge in [-0.05, 0) is 63.7 Å². The molecule has 4 rings (SSSR count). The Hall–Kier alpha value is -3.01. The van der Waals surface area contributed by atoms with E-state index in [9.17, 15) is 13.6 Å². The lowest BCUT2D eigenvalue weighted by Gasteiger charge is -2.44. The highest BCUT2D eigenvalue weighted by atomic mass is 19.3. The summed E-state index contributed by atoms with van der Waals surface area (Å²) in [5.74, 6) is 1.00. The largest absolute Gasteiger partial charge is 0.415 e. The van der Waals surface area contributed by atoms with E-state index in [4.69, 9.17) is 0 Å². The highest BCUT2D eigenvalue weighted by Crippen LogP contribution is 2.23. The number of piperazine rings is 1. The van der Waals surface area contributed by atoms with Crippen LogP contribution in [0.4, 0.5) is 19.4 Å². The zero-order chi connectivity index (χ0) is 25.5. The molecule has 3 heterocycles. The number of ether oxygens (including phenoxy) is 1. The van der Waals surface area contributed by atoms with Gasteiger partial charge in [0.25, 0.3) is 0 Å². The highest BCUT2D eigenvalue weighted by molar-refractivity contribution is 5.75. The van der Waals surface area contributed by atoms with Crippen LogP contribution >= 0.6 is 0 Å². The third-order valence-electron chi connectivity index (χ3n) is 7.10. The fraction of sp³-hybridized carbons (Fsp3) is 0.577. The maximum absolute atomic E-state index is 13.0. The van der Waals surface area contributed by atoms with Crippen LogP contribution in [0.5, 0.6) is 5.88 Å². The summed E-state index contributed by atoms with van der Waals surface area (Å²) in [5.41, 5.74) is 1.36. The van der Waals surface area contributed by atoms with E-state index < -0.39 is 6.61 Å². The predicted molar refractivity (Wildman–Crippen MR) is 134 cm³/mol. The van der Waals surface area contributed by atoms with E-state index in [2.05, 4.69) is 55.5 Å². The summed E-state index contributed by atoms with van der Waals surface area (Å²) >= 11 is 0. The van der Waals surface area contributed by atoms with Crippen molar-refractivity contribution in [2.75, 3.05) is 37.6 Å². The van der Waals surface area contributed by atoms with Crippen molar-refractivity contribution in [2.45, 2.75) is 58.3 Å². The van der Waals surface area contributed by atoms with Gasteiger partial charge in [0, 0.05) is 44.3 Å². The average Bonchev–Trinajstić information content (AvgIpc) is 2.85. The molecule has 2 fully saturated rings. The number of anilines is 1. The Morgan fingerprint density at radius 3 is 2.36 bits per heavy atom. The molecule has 2 atom stereocenters. The molecule has 196 valence electrons. The Balaban J connectivity index is 1.18. The Morgan fingerprint density at radius 2 is 1.75 bits per heavy atom. The predicted octanol–water partition coefficient (Wildman–Crippen LogP) is 3.99. The van der Waals surface area contributed by atoms with Gasteiger partial charge in [-0.15, -0.1) is 10.2 Å². The summed E-state index contributed by atoms with van der Waals surface area (Å²) in [5, 5.41) is 10.9. The van der Waals surface area contributed by atoms with Crippen LogP contribution in [0.15, 0.2) is 42.5 Å². The van der Waals surface area contributed by atoms with E-state index in [0.717, 1.165) is 38.9 Å². The lowest BCUT2D eigenvalue weighted by atomic mass is 9.93. The Bertz CT molecular complexity index is 945. The van der Waals surface area contributed by atoms with Gasteiger partial charge in [-0.3, -0.25) is 4.90 Å². The molecule has 0 radical (unpaired) electrons. The van der Waals surface area contributed by atoms with E-state index in [1.54, 1.807) is 6.07 Å². The standard InChI is InChI=1S/C26H36F2N6O2/c1-19-16-33(23-8-9-24(31-30-23)36-25(27)28)17-20(2)34(19)26(35)29-13-10-21-11-14-32(15-12-21)18-22-6-4-3-5-7-22/h3-9,19-21,25H,10-18H2,1-2H3,(H,29,35). The number of nitrogens with one attached hydrogen (secondary N) is 1. The number of rotatable bonds is 8. The van der Waals surface area contributed by atoms with Crippen LogP contribution in [-0.4, -0.2) is 77.4 Å². The fourth-order valence-corrected chi connectivity index (χ4v) is 5.30. The fourth-order valence-electron chi connectivity index (χ4n) is 5.30. The molecule has 2 aliphatic heterocycles. The molecule has 2 amide bonds. The van der Waals surface area contributed by atoms with E-state index in [1.165, 1.54) is 11.6 Å². The maximum atomic E-state index is 13.0. The number of benzene rings is 1. The number of likely N-dealkylation sites (tertiary alicyclic amines) is 1. The smallest absolute Gasteiger partial charge is 0.388 e. The number of aromatic nitrogens is 2. The molecule has 1 N–H and O–H groups in total. The topological polar surface area (TPSA) is 73.8 Å². The van der Waals surface area contributed by atoms with Gasteiger partial charge in [-0.2, -0.15) is 8.78 Å². The quantitative estimate of drug-likeness (QED) is 0.589. The SMILES string of the molecule is CC1CN(c2ccc(OC(F)F)nn2)CC(C)N1C(=O)NCCC1CCN(Cc2ccccc2)CC1. The lowest BCUT2D eigenvalue weighted by molar-refractivity contribution is -0.0534. The number of piperidine rings is 1. The number of carbonyl (C=O) groups is 1. The molecule has 2 aliphatic rings. The number of hydrogen-bond donors (Lipinski definition) is 1. The molecule has 36 heavy (non-hydrogen) atoms. The van der Waals surface area contributed by atoms with Crippen LogP contribution in [0.3, 0.4) is 0 Å². The molecule has 2 saturated heterocycles. The summed E-state index contributed by atoms with van der Waals surface area (Å²) < 4.78 is 28.9. The molecule has 8 nitrogen and oxygen atoms in total. The van der Waals surface area contributed by atoms with Crippen LogP contribution in [0.2, 0.25) is 0 Å². The van der Waals surface area contributed by atoms with Gasteiger partial charge in [0.05, 0.1) is 0 Å². The van der Waals surface area contributed by atoms with Gasteiger partial charge in [0.15, 0.2) is 5.82 Å². The van der Waals surface area contributed by atoms with Crippen molar-refractivity contribution in [3.63, 3.8) is 0 Å². The first-order chi connectivity index (χ1) is 17.4. The van der Waals surface area contributed by atoms with Crippen molar-refractivity contribution in [1.82, 2.24) is 25.3 Å². The molecule has 1 aromatic carbocycles. The number of amides is 2. The zero-order valence-corrected chi connectivity index (χ0v) is 21.0. The second-order valence-electron chi connectivity index (χ2n) is 9.84. The molecule has 2 aromatic rings. The van der Waals surface area contributed by atoms with Crippen LogP contribution in [0.1, 0.15) is 38.7 Å². The minimum Gasteiger partial charge on any atom is -0.415 e. The number of nitrogens with zero attached hydrogens (tertiary/aromatic N) is 5. The summed E-state index contributed by atoms with van der Waals surface area (Å²) in [6, 6.07) is 13.5. The number of halogens is 2. The summed E-state index contributed by atoms with van der Waals surface area (Å²) in [6.45, 7) is 6.13. The Kier molecular flexibility index (Phi) is 8.90. The number of carbonyl (C=O) groups excluding carboxylic acids is 1. The van der Waals surface area contributed by atoms with Gasteiger partial charge < -0.3 is 19.9 Å². The monoisotopic (exact) mass is 502 g/mol. The van der Waals surface area contributed by atoms with Crippen LogP contribution in [-0.2, 0) is 6.54 Å². The number of alkyl halides is 2. The van der Waals surface area contributed by atoms with E-state index in [0.29, 0.717) is 31.4 Å². The van der Waals surface area contributed by atoms with Crippen LogP contribution < -0.4 is 15.0 Å². The maximum Gasteiger partial charge on any atom is 0.388 e. The minimum absolute atomic E-state index is 0.0336. The van der Waals surface area contributed by atoms with Gasteiger partial charge in [0.1, 0.15) is 0 Å². The molecule has 0 saturated carbocycles. The molecule has 0 bridgehead atoms. The van der Waals surface area contributed by atoms with Crippen molar-refractivity contribution in [3.05, 3.63) is 48.0 Å². The van der Waals surface area contributed by atoms with E-state index in [-0.39, 0.29) is 24.0 Å². The molecule has 1 aromatic heterocycles. The minimum atomic E-state index is -2.93. The Morgan fingerprint density at radius 1 is 1.06 bits per heavy atom. The highest BCUT2D eigenvalue weighted by Gasteiger charge is 2.33. The number of urea groups is 1. The summed E-state index contributed by atoms with van der Waals surface area (Å²) in [6.07, 6.45) is 3.32. The second-order valence-corrected chi connectivity index (χ2v) is 9.84. The summed E-state index contributed by atoms with van der Waals surface area (Å²) in [7, 11) is 0. The average molecular weight is 503 g/mol. The zero-order valence-electron chi connectivity index (χ0n) is 21.0. The van der Waals surface area contributed by atoms with Crippen molar-refractivity contribution in [1.29, 1.82) is 0 Å². The van der Waals surface area contributed by atoms with Gasteiger partial charge in [0.2, 0.25) is 5.88 Å². The first-order valence-electron chi connectivity index (χ1n) is 12.7. The molecule has 0 aliphatic carbocycles. The van der Waals surface area contributed by atoms with Crippen molar-refractivity contribution in [3.8, 4) is 5.88 Å². The third-order valence-corrected chi connectivity index (χ3v) is 7.10. The second kappa shape index (κ2) is 12.3. The van der Waals surface area contributed by atoms with Crippen LogP contribution in [0, 0.1) is 5.92 Å². The first-order valence-corrected chi connectivity index (χ1v) is 12.7. The van der Waals surface area contributed by atoms with Gasteiger partial charge >= 0.3 is 12.6 Å². The molecule has 10 heteroatoms. The van der Waals surface area contributed by atoms with Gasteiger partial charge in [-0.25, -0.2) is 4.79 Å². The Labute approximate surface area is 211 Å². The molecule has 0 spiro atoms. The summed E-state index contributed by atoms with van der Waals surface area (Å²) in [4.78, 5) is 19.4. The third kappa shape index (κ3) is 7.02. The number of hydrogen-bond acceptors (Lipinski definition) is 6. The molecular formula is C26H36F2N6O2. The first kappa shape index (κ1) is 26.1. The normalized spacial score (nSPS) is 21.6. The van der Waals surface area contributed by atoms with Crippen molar-refractivity contribution < 1.29 is 18.3 Å². The molecular weight excluding hydrogens is 466 g/mol. The molecule has 2 unspecified atom stereocenters. The lowest BCUT2D eigenvalue weighted by Crippen LogP contribution is -2.61. The van der Waals surface area contributed by atoms with Gasteiger partial charge in [-0.1, -0.05) is 30.3 Å². The van der Waals surface area contributed by atoms with Crippen molar-refractivity contribution >= 4 is 11.8 Å². The van der Waals surface area contributed by atoms with Crippen molar-refractivity contribution in [2.24, 2.45) is 5.92 Å².